The van der Waals surface area contributed by atoms with Crippen molar-refractivity contribution >= 4 is 62.5 Å². The second kappa shape index (κ2) is 23.0. The second-order valence-corrected chi connectivity index (χ2v) is 7.92. The molecule has 0 saturated heterocycles. The molecule has 0 fully saturated rings. The molecule has 0 aliphatic rings. The largest absolute Gasteiger partial charge is 2.00 e. The minimum absolute atomic E-state index is 0. The maximum Gasteiger partial charge on any atom is 2.00 e. The Morgan fingerprint density at radius 2 is 1.00 bits per heavy atom. The van der Waals surface area contributed by atoms with E-state index in [1.54, 1.807) is 0 Å². The van der Waals surface area contributed by atoms with Gasteiger partial charge in [-0.25, -0.2) is 0 Å². The first kappa shape index (κ1) is 30.7. The molecule has 25 heavy (non-hydrogen) atoms. The summed E-state index contributed by atoms with van der Waals surface area (Å²) in [6, 6.07) is 0. The third-order valence-corrected chi connectivity index (χ3v) is 4.81. The topological polar surface area (TPSA) is 80.3 Å². The van der Waals surface area contributed by atoms with E-state index < -0.39 is 11.9 Å². The van der Waals surface area contributed by atoms with Crippen molar-refractivity contribution in [2.75, 3.05) is 11.5 Å². The van der Waals surface area contributed by atoms with Gasteiger partial charge < -0.3 is 19.8 Å². The first-order chi connectivity index (χ1) is 11.3. The summed E-state index contributed by atoms with van der Waals surface area (Å²) in [5, 5.41) is 20.8. The summed E-state index contributed by atoms with van der Waals surface area (Å²) in [6.45, 7) is 0. The number of thiol groups is 4. The Morgan fingerprint density at radius 1 is 0.680 bits per heavy atom. The van der Waals surface area contributed by atoms with E-state index in [0.29, 0.717) is 23.3 Å². The van der Waals surface area contributed by atoms with Gasteiger partial charge in [-0.1, -0.05) is 12.8 Å². The van der Waals surface area contributed by atoms with Crippen molar-refractivity contribution in [2.24, 2.45) is 0 Å². The molecule has 0 spiro atoms. The summed E-state index contributed by atoms with van der Waals surface area (Å²) >= 11 is 16.8. The smallest absolute Gasteiger partial charge is 0.550 e. The molecule has 9 heteroatoms. The van der Waals surface area contributed by atoms with Crippen LogP contribution in [-0.4, -0.2) is 33.9 Å². The molecule has 0 saturated carbocycles. The molecule has 0 rings (SSSR count). The van der Waals surface area contributed by atoms with Crippen molar-refractivity contribution in [2.45, 2.75) is 74.7 Å². The molecule has 0 aromatic rings. The molecule has 0 aromatic heterocycles. The SMILES string of the molecule is O=C([O-])CCCCC(S)CCS.O=C([O-])CCCCC(S)CCS.[Zn+2]. The Kier molecular flexibility index (Phi) is 28.2. The van der Waals surface area contributed by atoms with Crippen molar-refractivity contribution in [3.63, 3.8) is 0 Å². The standard InChI is InChI=1S/2C8H16O2S2.Zn/c2*9-8(10)4-2-1-3-7(12)5-6-11;/h2*7,11-12H,1-6H2,(H,9,10);/q;;+2/p-2. The molecule has 2 unspecified atom stereocenters. The molecule has 0 N–H and O–H groups in total. The fourth-order valence-corrected chi connectivity index (χ4v) is 3.54. The van der Waals surface area contributed by atoms with E-state index in [-0.39, 0.29) is 32.3 Å². The van der Waals surface area contributed by atoms with Crippen LogP contribution in [0.2, 0.25) is 0 Å². The average molecular weight is 480 g/mol. The Morgan fingerprint density at radius 3 is 1.24 bits per heavy atom. The quantitative estimate of drug-likeness (QED) is 0.174. The van der Waals surface area contributed by atoms with E-state index in [4.69, 9.17) is 0 Å². The molecule has 0 aromatic carbocycles. The predicted octanol–water partition coefficient (Wildman–Crippen LogP) is 1.83. The van der Waals surface area contributed by atoms with E-state index in [1.165, 1.54) is 0 Å². The molecule has 144 valence electrons. The van der Waals surface area contributed by atoms with E-state index in [1.807, 2.05) is 0 Å². The first-order valence-corrected chi connectivity index (χ1v) is 10.6. The van der Waals surface area contributed by atoms with Crippen LogP contribution in [0, 0.1) is 0 Å². The van der Waals surface area contributed by atoms with Gasteiger partial charge in [-0.2, -0.15) is 50.5 Å². The van der Waals surface area contributed by atoms with Gasteiger partial charge in [0, 0.05) is 22.4 Å². The number of rotatable bonds is 14. The number of carboxylic acids is 2. The maximum atomic E-state index is 10.0. The van der Waals surface area contributed by atoms with E-state index in [9.17, 15) is 19.8 Å². The molecule has 4 nitrogen and oxygen atoms in total. The van der Waals surface area contributed by atoms with Crippen molar-refractivity contribution in [3.05, 3.63) is 0 Å². The zero-order valence-corrected chi connectivity index (χ0v) is 21.3. The summed E-state index contributed by atoms with van der Waals surface area (Å²) < 4.78 is 0. The Labute approximate surface area is 187 Å². The zero-order chi connectivity index (χ0) is 18.8. The Hall–Kier alpha value is 0.963. The summed E-state index contributed by atoms with van der Waals surface area (Å²) in [5.74, 6) is -0.233. The number of carbonyl (C=O) groups is 2. The van der Waals surface area contributed by atoms with Crippen LogP contribution in [-0.2, 0) is 29.1 Å². The van der Waals surface area contributed by atoms with Crippen LogP contribution in [0.3, 0.4) is 0 Å². The van der Waals surface area contributed by atoms with Crippen LogP contribution >= 0.6 is 50.5 Å². The van der Waals surface area contributed by atoms with Crippen molar-refractivity contribution < 1.29 is 39.3 Å². The van der Waals surface area contributed by atoms with Gasteiger partial charge in [0.25, 0.3) is 0 Å². The zero-order valence-electron chi connectivity index (χ0n) is 14.8. The summed E-state index contributed by atoms with van der Waals surface area (Å²) in [4.78, 5) is 20.1. The van der Waals surface area contributed by atoms with Gasteiger partial charge >= 0.3 is 19.5 Å². The summed E-state index contributed by atoms with van der Waals surface area (Å²) in [7, 11) is 0. The van der Waals surface area contributed by atoms with Crippen molar-refractivity contribution in [1.29, 1.82) is 0 Å². The van der Waals surface area contributed by atoms with Crippen LogP contribution in [0.15, 0.2) is 0 Å². The number of aliphatic carboxylic acids is 2. The van der Waals surface area contributed by atoms with E-state index in [2.05, 4.69) is 50.5 Å². The van der Waals surface area contributed by atoms with E-state index in [0.717, 1.165) is 50.0 Å². The molecule has 0 aliphatic carbocycles. The van der Waals surface area contributed by atoms with Crippen LogP contribution in [0.5, 0.6) is 0 Å². The average Bonchev–Trinajstić information content (AvgIpc) is 2.49. The number of hydrogen-bond acceptors (Lipinski definition) is 8. The fraction of sp³-hybridized carbons (Fsp3) is 0.875. The monoisotopic (exact) mass is 478 g/mol. The van der Waals surface area contributed by atoms with Gasteiger partial charge in [-0.15, -0.1) is 0 Å². The van der Waals surface area contributed by atoms with Crippen LogP contribution in [0.4, 0.5) is 0 Å². The Balaban J connectivity index is -0.000000372. The van der Waals surface area contributed by atoms with Crippen LogP contribution < -0.4 is 10.2 Å². The molecule has 2 atom stereocenters. The number of carboxylic acid groups (broad SMARTS) is 2. The van der Waals surface area contributed by atoms with Gasteiger partial charge in [0.05, 0.1) is 0 Å². The molecule has 0 heterocycles. The van der Waals surface area contributed by atoms with Gasteiger partial charge in [0.2, 0.25) is 0 Å². The molecular weight excluding hydrogens is 450 g/mol. The van der Waals surface area contributed by atoms with Crippen LogP contribution in [0.25, 0.3) is 0 Å². The van der Waals surface area contributed by atoms with Gasteiger partial charge in [0.15, 0.2) is 0 Å². The molecule has 0 bridgehead atoms. The van der Waals surface area contributed by atoms with Crippen molar-refractivity contribution in [1.82, 2.24) is 0 Å². The minimum Gasteiger partial charge on any atom is -0.550 e. The van der Waals surface area contributed by atoms with Gasteiger partial charge in [-0.05, 0) is 62.9 Å². The molecule has 0 aliphatic heterocycles. The van der Waals surface area contributed by atoms with E-state index >= 15 is 0 Å². The third kappa shape index (κ3) is 30.0. The predicted molar refractivity (Wildman–Crippen MR) is 109 cm³/mol. The first-order valence-electron chi connectivity index (χ1n) is 8.31. The molecule has 0 radical (unpaired) electrons. The number of unbranched alkanes of at least 4 members (excludes halogenated alkanes) is 2. The Bertz CT molecular complexity index is 293. The number of hydrogen-bond donors (Lipinski definition) is 4. The molecular formula is C16H30O4S4Zn. The minimum atomic E-state index is -0.958. The van der Waals surface area contributed by atoms with Gasteiger partial charge in [0.1, 0.15) is 0 Å². The summed E-state index contributed by atoms with van der Waals surface area (Å²) in [5.41, 5.74) is 0. The maximum absolute atomic E-state index is 10.0. The second-order valence-electron chi connectivity index (χ2n) is 5.57. The summed E-state index contributed by atoms with van der Waals surface area (Å²) in [6.07, 6.45) is 7.47. The van der Waals surface area contributed by atoms with Crippen LogP contribution in [0.1, 0.15) is 64.2 Å². The third-order valence-electron chi connectivity index (χ3n) is 3.26. The normalized spacial score (nSPS) is 12.3. The van der Waals surface area contributed by atoms with Gasteiger partial charge in [-0.3, -0.25) is 0 Å². The molecule has 0 amide bonds. The number of carbonyl (C=O) groups excluding carboxylic acids is 2. The fourth-order valence-electron chi connectivity index (χ4n) is 1.89. The van der Waals surface area contributed by atoms with Crippen molar-refractivity contribution in [3.8, 4) is 0 Å².